The summed E-state index contributed by atoms with van der Waals surface area (Å²) in [5, 5.41) is 9.13. The summed E-state index contributed by atoms with van der Waals surface area (Å²) in [6.07, 6.45) is -0.426. The molecular weight excluding hydrogens is 714 g/mol. The number of rotatable bonds is 8. The normalized spacial score (nSPS) is 15.7. The zero-order valence-electron chi connectivity index (χ0n) is 22.6. The van der Waals surface area contributed by atoms with Crippen molar-refractivity contribution >= 4 is 60.1 Å². The summed E-state index contributed by atoms with van der Waals surface area (Å²) in [5.41, 5.74) is 3.38. The molecule has 0 bridgehead atoms. The Kier molecular flexibility index (Phi) is 17.1. The summed E-state index contributed by atoms with van der Waals surface area (Å²) in [5.74, 6) is 0. The van der Waals surface area contributed by atoms with Crippen LogP contribution in [-0.2, 0) is 18.1 Å². The van der Waals surface area contributed by atoms with Crippen LogP contribution in [0.3, 0.4) is 0 Å². The molecule has 3 unspecified atom stereocenters. The number of ether oxygens (including phenoxy) is 1. The van der Waals surface area contributed by atoms with Crippen molar-refractivity contribution in [2.75, 3.05) is 33.4 Å². The Hall–Kier alpha value is -0.790. The van der Waals surface area contributed by atoms with E-state index < -0.39 is 0 Å². The van der Waals surface area contributed by atoms with Gasteiger partial charge in [0, 0.05) is 32.5 Å². The van der Waals surface area contributed by atoms with Crippen molar-refractivity contribution in [2.45, 2.75) is 39.0 Å². The van der Waals surface area contributed by atoms with Gasteiger partial charge in [-0.15, -0.1) is 4.33 Å². The SMILES string of the molecule is CC(O)c1cccc(Br)c1.CC(c1cccc(Br)c1)N1CCOCC1.COOSOC(C)c1cccc(Br)c1. The van der Waals surface area contributed by atoms with Crippen molar-refractivity contribution in [1.82, 2.24) is 4.90 Å². The maximum absolute atomic E-state index is 9.13. The van der Waals surface area contributed by atoms with Crippen molar-refractivity contribution in [3.63, 3.8) is 0 Å². The first kappa shape index (κ1) is 34.4. The molecule has 1 aliphatic heterocycles. The van der Waals surface area contributed by atoms with Crippen LogP contribution in [0.4, 0.5) is 0 Å². The lowest BCUT2D eigenvalue weighted by molar-refractivity contribution is -0.168. The largest absolute Gasteiger partial charge is 0.389 e. The first-order valence-electron chi connectivity index (χ1n) is 12.5. The van der Waals surface area contributed by atoms with Crippen LogP contribution in [0.2, 0.25) is 0 Å². The molecule has 39 heavy (non-hydrogen) atoms. The average molecular weight is 750 g/mol. The first-order valence-corrected chi connectivity index (χ1v) is 15.5. The van der Waals surface area contributed by atoms with E-state index in [1.54, 1.807) is 6.92 Å². The number of benzene rings is 3. The third kappa shape index (κ3) is 13.6. The van der Waals surface area contributed by atoms with Gasteiger partial charge in [0.05, 0.1) is 32.5 Å². The average Bonchev–Trinajstić information content (AvgIpc) is 2.94. The van der Waals surface area contributed by atoms with E-state index in [9.17, 15) is 0 Å². The van der Waals surface area contributed by atoms with Gasteiger partial charge in [-0.3, -0.25) is 9.08 Å². The molecule has 1 fully saturated rings. The number of hydrogen-bond donors (Lipinski definition) is 1. The fourth-order valence-electron chi connectivity index (χ4n) is 3.63. The highest BCUT2D eigenvalue weighted by Crippen LogP contribution is 2.25. The Bertz CT molecular complexity index is 1100. The minimum absolute atomic E-state index is 0.0485. The van der Waals surface area contributed by atoms with Crippen LogP contribution < -0.4 is 0 Å². The van der Waals surface area contributed by atoms with Crippen LogP contribution in [-0.4, -0.2) is 43.4 Å². The van der Waals surface area contributed by atoms with Gasteiger partial charge in [-0.25, -0.2) is 4.89 Å². The highest BCUT2D eigenvalue weighted by Gasteiger charge is 2.18. The standard InChI is InChI=1S/C12H16BrNO.C9H11BrO3S.C8H9BrO/c1-10(14-5-7-15-8-6-14)11-3-2-4-12(13)9-11;1-7(12-14-13-11-2)8-4-3-5-9(10)6-8;1-6(10)7-3-2-4-8(9)5-7/h2-4,9-10H,5-8H2,1H3;3-7H,1-2H3;2-6,10H,1H3. The Morgan fingerprint density at radius 3 is 1.77 bits per heavy atom. The zero-order valence-corrected chi connectivity index (χ0v) is 28.1. The van der Waals surface area contributed by atoms with E-state index in [0.29, 0.717) is 6.04 Å². The van der Waals surface area contributed by atoms with Crippen LogP contribution in [0.15, 0.2) is 86.2 Å². The summed E-state index contributed by atoms with van der Waals surface area (Å²) in [6.45, 7) is 9.74. The first-order chi connectivity index (χ1) is 18.7. The van der Waals surface area contributed by atoms with Gasteiger partial charge in [0.25, 0.3) is 0 Å². The summed E-state index contributed by atoms with van der Waals surface area (Å²) in [6, 6.07) is 24.6. The maximum atomic E-state index is 9.13. The highest BCUT2D eigenvalue weighted by molar-refractivity contribution is 9.11. The van der Waals surface area contributed by atoms with Gasteiger partial charge < -0.3 is 9.84 Å². The summed E-state index contributed by atoms with van der Waals surface area (Å²) in [4.78, 5) is 6.84. The predicted molar refractivity (Wildman–Crippen MR) is 169 cm³/mol. The lowest BCUT2D eigenvalue weighted by Crippen LogP contribution is -2.37. The van der Waals surface area contributed by atoms with Gasteiger partial charge in [-0.2, -0.15) is 0 Å². The second-order valence-corrected chi connectivity index (χ2v) is 11.9. The van der Waals surface area contributed by atoms with Crippen molar-refractivity contribution in [2.24, 2.45) is 0 Å². The van der Waals surface area contributed by atoms with Crippen molar-refractivity contribution in [3.05, 3.63) is 103 Å². The lowest BCUT2D eigenvalue weighted by Gasteiger charge is -2.32. The van der Waals surface area contributed by atoms with E-state index in [4.69, 9.17) is 14.0 Å². The number of morpholine rings is 1. The molecule has 1 aliphatic rings. The Balaban J connectivity index is 0.000000210. The van der Waals surface area contributed by atoms with Gasteiger partial charge in [0.2, 0.25) is 0 Å². The second-order valence-electron chi connectivity index (χ2n) is 8.71. The van der Waals surface area contributed by atoms with Gasteiger partial charge >= 0.3 is 0 Å². The van der Waals surface area contributed by atoms with Gasteiger partial charge in [-0.05, 0) is 73.9 Å². The van der Waals surface area contributed by atoms with E-state index in [-0.39, 0.29) is 12.2 Å². The zero-order chi connectivity index (χ0) is 28.6. The molecule has 0 saturated carbocycles. The summed E-state index contributed by atoms with van der Waals surface area (Å²) in [7, 11) is 1.43. The van der Waals surface area contributed by atoms with Gasteiger partial charge in [0.1, 0.15) is 0 Å². The molecule has 6 nitrogen and oxygen atoms in total. The van der Waals surface area contributed by atoms with Gasteiger partial charge in [0.15, 0.2) is 12.3 Å². The molecule has 4 rings (SSSR count). The third-order valence-electron chi connectivity index (χ3n) is 5.85. The lowest BCUT2D eigenvalue weighted by atomic mass is 10.1. The Morgan fingerprint density at radius 2 is 1.28 bits per heavy atom. The number of hydrogen-bond acceptors (Lipinski definition) is 7. The van der Waals surface area contributed by atoms with E-state index in [1.807, 2.05) is 55.5 Å². The molecule has 0 spiro atoms. The Morgan fingerprint density at radius 1 is 0.795 bits per heavy atom. The molecule has 214 valence electrons. The molecule has 0 amide bonds. The molecule has 0 aliphatic carbocycles. The van der Waals surface area contributed by atoms with E-state index in [2.05, 4.69) is 93.1 Å². The molecule has 1 saturated heterocycles. The topological polar surface area (TPSA) is 60.4 Å². The van der Waals surface area contributed by atoms with Crippen LogP contribution in [0.25, 0.3) is 0 Å². The second kappa shape index (κ2) is 19.4. The molecule has 0 radical (unpaired) electrons. The molecular formula is C29H36Br3NO5S. The van der Waals surface area contributed by atoms with Crippen LogP contribution in [0, 0.1) is 0 Å². The van der Waals surface area contributed by atoms with E-state index in [0.717, 1.165) is 63.2 Å². The van der Waals surface area contributed by atoms with Gasteiger partial charge in [-0.1, -0.05) is 84.2 Å². The third-order valence-corrected chi connectivity index (χ3v) is 7.89. The molecule has 1 heterocycles. The molecule has 0 aromatic heterocycles. The minimum Gasteiger partial charge on any atom is -0.389 e. The number of nitrogens with zero attached hydrogens (tertiary/aromatic N) is 1. The summed E-state index contributed by atoms with van der Waals surface area (Å²) < 4.78 is 18.4. The monoisotopic (exact) mass is 747 g/mol. The molecule has 3 aromatic carbocycles. The minimum atomic E-state index is -0.377. The van der Waals surface area contributed by atoms with Crippen molar-refractivity contribution < 1.29 is 23.2 Å². The Labute approximate surface area is 262 Å². The quantitative estimate of drug-likeness (QED) is 0.107. The predicted octanol–water partition coefficient (Wildman–Crippen LogP) is 9.01. The number of halogens is 3. The molecule has 3 atom stereocenters. The number of aliphatic hydroxyl groups excluding tert-OH is 1. The molecule has 1 N–H and O–H groups in total. The molecule has 3 aromatic rings. The highest BCUT2D eigenvalue weighted by atomic mass is 79.9. The van der Waals surface area contributed by atoms with Crippen LogP contribution >= 0.6 is 60.1 Å². The fourth-order valence-corrected chi connectivity index (χ4v) is 5.19. The maximum Gasteiger partial charge on any atom is 0.195 e. The smallest absolute Gasteiger partial charge is 0.195 e. The number of aliphatic hydroxyl groups is 1. The van der Waals surface area contributed by atoms with Crippen LogP contribution in [0.5, 0.6) is 0 Å². The van der Waals surface area contributed by atoms with E-state index in [1.165, 1.54) is 12.7 Å². The van der Waals surface area contributed by atoms with E-state index >= 15 is 0 Å². The van der Waals surface area contributed by atoms with Crippen LogP contribution in [0.1, 0.15) is 55.7 Å². The summed E-state index contributed by atoms with van der Waals surface area (Å²) >= 11 is 11.0. The van der Waals surface area contributed by atoms with Crippen molar-refractivity contribution in [1.29, 1.82) is 0 Å². The van der Waals surface area contributed by atoms with Crippen molar-refractivity contribution in [3.8, 4) is 0 Å². The molecule has 10 heteroatoms. The fraction of sp³-hybridized carbons (Fsp3) is 0.379.